The highest BCUT2D eigenvalue weighted by Crippen LogP contribution is 2.29. The van der Waals surface area contributed by atoms with Gasteiger partial charge in [-0.1, -0.05) is 13.8 Å². The predicted octanol–water partition coefficient (Wildman–Crippen LogP) is 1.52. The molecule has 0 aromatic heterocycles. The number of urea groups is 1. The first-order chi connectivity index (χ1) is 12.1. The summed E-state index contributed by atoms with van der Waals surface area (Å²) in [6, 6.07) is 4.59. The van der Waals surface area contributed by atoms with E-state index in [0.29, 0.717) is 5.56 Å². The number of nitro benzene ring substituents is 1. The smallest absolute Gasteiger partial charge is 0.325 e. The third kappa shape index (κ3) is 3.66. The minimum atomic E-state index is -1.38. The Bertz CT molecular complexity index is 746. The van der Waals surface area contributed by atoms with Crippen molar-refractivity contribution in [1.29, 1.82) is 0 Å². The Morgan fingerprint density at radius 2 is 1.85 bits per heavy atom. The van der Waals surface area contributed by atoms with Crippen LogP contribution in [-0.2, 0) is 15.1 Å². The second kappa shape index (κ2) is 7.11. The molecule has 0 unspecified atom stereocenters. The third-order valence-electron chi connectivity index (χ3n) is 4.62. The SMILES string of the molecule is CC(C)[C@H](C)NC(=O)CN1C(=O)N[C@@](C)(c2ccc([N+](=O)[O-])cc2)C1=O. The largest absolute Gasteiger partial charge is 0.352 e. The molecule has 0 radical (unpaired) electrons. The molecule has 1 saturated heterocycles. The van der Waals surface area contributed by atoms with Crippen molar-refractivity contribution in [2.45, 2.75) is 39.3 Å². The summed E-state index contributed by atoms with van der Waals surface area (Å²) in [6.07, 6.45) is 0. The van der Waals surface area contributed by atoms with E-state index in [1.165, 1.54) is 31.2 Å². The van der Waals surface area contributed by atoms with Crippen molar-refractivity contribution >= 4 is 23.5 Å². The Balaban J connectivity index is 2.16. The van der Waals surface area contributed by atoms with Gasteiger partial charge in [-0.15, -0.1) is 0 Å². The van der Waals surface area contributed by atoms with Crippen LogP contribution in [0.2, 0.25) is 0 Å². The molecule has 1 aromatic rings. The summed E-state index contributed by atoms with van der Waals surface area (Å²) in [5.74, 6) is -0.793. The van der Waals surface area contributed by atoms with Crippen LogP contribution in [0.15, 0.2) is 24.3 Å². The van der Waals surface area contributed by atoms with Gasteiger partial charge >= 0.3 is 6.03 Å². The summed E-state index contributed by atoms with van der Waals surface area (Å²) in [7, 11) is 0. The summed E-state index contributed by atoms with van der Waals surface area (Å²) >= 11 is 0. The summed E-state index contributed by atoms with van der Waals surface area (Å²) < 4.78 is 0. The van der Waals surface area contributed by atoms with Crippen molar-refractivity contribution in [3.8, 4) is 0 Å². The van der Waals surface area contributed by atoms with E-state index in [4.69, 9.17) is 0 Å². The number of carbonyl (C=O) groups is 3. The van der Waals surface area contributed by atoms with Gasteiger partial charge in [0.1, 0.15) is 12.1 Å². The molecule has 26 heavy (non-hydrogen) atoms. The zero-order chi connectivity index (χ0) is 19.6. The second-order valence-electron chi connectivity index (χ2n) is 6.85. The lowest BCUT2D eigenvalue weighted by atomic mass is 9.92. The quantitative estimate of drug-likeness (QED) is 0.451. The van der Waals surface area contributed by atoms with E-state index in [-0.39, 0.29) is 24.2 Å². The first-order valence-corrected chi connectivity index (χ1v) is 8.24. The molecule has 0 spiro atoms. The number of nitrogens with one attached hydrogen (secondary N) is 2. The molecule has 1 heterocycles. The molecule has 1 fully saturated rings. The van der Waals surface area contributed by atoms with Gasteiger partial charge < -0.3 is 10.6 Å². The third-order valence-corrected chi connectivity index (χ3v) is 4.62. The lowest BCUT2D eigenvalue weighted by Gasteiger charge is -2.22. The van der Waals surface area contributed by atoms with Crippen LogP contribution in [0, 0.1) is 16.0 Å². The van der Waals surface area contributed by atoms with Crippen LogP contribution >= 0.6 is 0 Å². The summed E-state index contributed by atoms with van der Waals surface area (Å²) in [6.45, 7) is 6.86. The second-order valence-corrected chi connectivity index (χ2v) is 6.85. The number of nitro groups is 1. The average molecular weight is 362 g/mol. The first-order valence-electron chi connectivity index (χ1n) is 8.24. The minimum Gasteiger partial charge on any atom is -0.352 e. The molecule has 0 aliphatic carbocycles. The van der Waals surface area contributed by atoms with E-state index < -0.39 is 28.3 Å². The average Bonchev–Trinajstić information content (AvgIpc) is 2.79. The monoisotopic (exact) mass is 362 g/mol. The van der Waals surface area contributed by atoms with Gasteiger partial charge in [-0.25, -0.2) is 4.79 Å². The standard InChI is InChI=1S/C17H22N4O5/c1-10(2)11(3)18-14(22)9-20-15(23)17(4,19-16(20)24)12-5-7-13(8-6-12)21(25)26/h5-8,10-11H,9H2,1-4H3,(H,18,22)(H,19,24)/t11-,17-/m0/s1. The fraction of sp³-hybridized carbons (Fsp3) is 0.471. The van der Waals surface area contributed by atoms with Crippen molar-refractivity contribution in [2.75, 3.05) is 6.54 Å². The zero-order valence-corrected chi connectivity index (χ0v) is 15.1. The van der Waals surface area contributed by atoms with Gasteiger partial charge in [-0.05, 0) is 37.5 Å². The van der Waals surface area contributed by atoms with Gasteiger partial charge in [-0.2, -0.15) is 0 Å². The highest BCUT2D eigenvalue weighted by Gasteiger charge is 2.49. The molecular formula is C17H22N4O5. The Labute approximate surface area is 150 Å². The molecule has 9 nitrogen and oxygen atoms in total. The van der Waals surface area contributed by atoms with E-state index in [2.05, 4.69) is 10.6 Å². The number of hydrogen-bond donors (Lipinski definition) is 2. The normalized spacial score (nSPS) is 20.9. The predicted molar refractivity (Wildman–Crippen MR) is 93.1 cm³/mol. The molecule has 2 N–H and O–H groups in total. The number of amides is 4. The highest BCUT2D eigenvalue weighted by molar-refractivity contribution is 6.09. The zero-order valence-electron chi connectivity index (χ0n) is 15.1. The molecule has 2 rings (SSSR count). The van der Waals surface area contributed by atoms with Crippen molar-refractivity contribution in [3.63, 3.8) is 0 Å². The van der Waals surface area contributed by atoms with Gasteiger partial charge in [0.15, 0.2) is 0 Å². The number of hydrogen-bond acceptors (Lipinski definition) is 5. The first kappa shape index (κ1) is 19.4. The summed E-state index contributed by atoms with van der Waals surface area (Å²) in [5, 5.41) is 16.1. The molecule has 1 aliphatic heterocycles. The van der Waals surface area contributed by atoms with E-state index in [1.807, 2.05) is 20.8 Å². The van der Waals surface area contributed by atoms with E-state index in [0.717, 1.165) is 4.90 Å². The van der Waals surface area contributed by atoms with Crippen LogP contribution in [0.1, 0.15) is 33.3 Å². The topological polar surface area (TPSA) is 122 Å². The summed E-state index contributed by atoms with van der Waals surface area (Å²) in [5.41, 5.74) is -1.09. The van der Waals surface area contributed by atoms with Gasteiger partial charge in [0.2, 0.25) is 5.91 Å². The molecule has 9 heteroatoms. The van der Waals surface area contributed by atoms with Gasteiger partial charge in [0, 0.05) is 18.2 Å². The maximum atomic E-state index is 12.7. The maximum Gasteiger partial charge on any atom is 0.325 e. The van der Waals surface area contributed by atoms with Crippen molar-refractivity contribution in [1.82, 2.24) is 15.5 Å². The van der Waals surface area contributed by atoms with Crippen LogP contribution < -0.4 is 10.6 Å². The molecule has 2 atom stereocenters. The minimum absolute atomic E-state index is 0.0932. The van der Waals surface area contributed by atoms with Crippen LogP contribution in [0.4, 0.5) is 10.5 Å². The number of benzene rings is 1. The maximum absolute atomic E-state index is 12.7. The van der Waals surface area contributed by atoms with Gasteiger partial charge in [0.05, 0.1) is 4.92 Å². The molecule has 4 amide bonds. The lowest BCUT2D eigenvalue weighted by Crippen LogP contribution is -2.46. The van der Waals surface area contributed by atoms with Crippen LogP contribution in [-0.4, -0.2) is 40.3 Å². The highest BCUT2D eigenvalue weighted by atomic mass is 16.6. The van der Waals surface area contributed by atoms with Crippen molar-refractivity contribution < 1.29 is 19.3 Å². The van der Waals surface area contributed by atoms with Crippen LogP contribution in [0.3, 0.4) is 0 Å². The molecule has 1 aromatic carbocycles. The van der Waals surface area contributed by atoms with Crippen molar-refractivity contribution in [2.24, 2.45) is 5.92 Å². The van der Waals surface area contributed by atoms with Crippen molar-refractivity contribution in [3.05, 3.63) is 39.9 Å². The Hall–Kier alpha value is -2.97. The number of nitrogens with zero attached hydrogens (tertiary/aromatic N) is 2. The molecule has 1 aliphatic rings. The van der Waals surface area contributed by atoms with Crippen LogP contribution in [0.25, 0.3) is 0 Å². The number of rotatable bonds is 6. The number of non-ortho nitro benzene ring substituents is 1. The Morgan fingerprint density at radius 3 is 2.35 bits per heavy atom. The van der Waals surface area contributed by atoms with Crippen LogP contribution in [0.5, 0.6) is 0 Å². The molecule has 0 saturated carbocycles. The lowest BCUT2D eigenvalue weighted by molar-refractivity contribution is -0.384. The Kier molecular flexibility index (Phi) is 5.29. The molecule has 140 valence electrons. The number of imide groups is 1. The fourth-order valence-corrected chi connectivity index (χ4v) is 2.56. The van der Waals surface area contributed by atoms with E-state index >= 15 is 0 Å². The van der Waals surface area contributed by atoms with E-state index in [1.54, 1.807) is 0 Å². The fourth-order valence-electron chi connectivity index (χ4n) is 2.56. The molecule has 0 bridgehead atoms. The van der Waals surface area contributed by atoms with Gasteiger partial charge in [-0.3, -0.25) is 24.6 Å². The molecular weight excluding hydrogens is 340 g/mol. The van der Waals surface area contributed by atoms with E-state index in [9.17, 15) is 24.5 Å². The summed E-state index contributed by atoms with van der Waals surface area (Å²) in [4.78, 5) is 48.1. The Morgan fingerprint density at radius 1 is 1.27 bits per heavy atom. The van der Waals surface area contributed by atoms with Gasteiger partial charge in [0.25, 0.3) is 11.6 Å². The number of carbonyl (C=O) groups excluding carboxylic acids is 3.